The molecule has 0 saturated heterocycles. The van der Waals surface area contributed by atoms with E-state index in [4.69, 9.17) is 9.47 Å². The van der Waals surface area contributed by atoms with E-state index in [1.54, 1.807) is 24.3 Å². The van der Waals surface area contributed by atoms with Gasteiger partial charge in [0.1, 0.15) is 12.3 Å². The van der Waals surface area contributed by atoms with Crippen LogP contribution >= 0.6 is 0 Å². The van der Waals surface area contributed by atoms with Gasteiger partial charge in [-0.3, -0.25) is 19.2 Å². The summed E-state index contributed by atoms with van der Waals surface area (Å²) < 4.78 is 11.2. The number of hydrogen-bond acceptors (Lipinski definition) is 6. The van der Waals surface area contributed by atoms with Crippen molar-refractivity contribution >= 4 is 29.2 Å². The van der Waals surface area contributed by atoms with Crippen molar-refractivity contribution in [3.8, 4) is 5.75 Å². The molecule has 9 nitrogen and oxygen atoms in total. The molecular weight excluding hydrogens is 354 g/mol. The number of carbonyl (C=O) groups excluding carboxylic acids is 3. The molecule has 0 atom stereocenters. The Balaban J connectivity index is 1.95. The van der Waals surface area contributed by atoms with Gasteiger partial charge in [-0.05, 0) is 24.3 Å². The number of esters is 1. The predicted molar refractivity (Wildman–Crippen MR) is 97.6 cm³/mol. The molecular formula is C18H19N3O6. The predicted octanol–water partition coefficient (Wildman–Crippen LogP) is 0.997. The Morgan fingerprint density at radius 1 is 1.11 bits per heavy atom. The number of nitrogens with zero attached hydrogens (tertiary/aromatic N) is 1. The zero-order valence-electron chi connectivity index (χ0n) is 14.9. The largest absolute Gasteiger partial charge is 0.495 e. The number of rotatable bonds is 7. The standard InChI is InChI=1S/C18H19N3O6/c1-12(22)19-13-6-7-15(26-2)14(9-13)20-16(23)11-27-18(25)10-21-8-4-3-5-17(21)24/h3-9H,10-11H2,1-2H3,(H,19,22)(H,20,23). The summed E-state index contributed by atoms with van der Waals surface area (Å²) >= 11 is 0. The number of hydrogen-bond donors (Lipinski definition) is 2. The monoisotopic (exact) mass is 373 g/mol. The minimum atomic E-state index is -0.725. The Morgan fingerprint density at radius 2 is 1.89 bits per heavy atom. The van der Waals surface area contributed by atoms with Gasteiger partial charge in [0.15, 0.2) is 6.61 Å². The van der Waals surface area contributed by atoms with Crippen LogP contribution in [0.25, 0.3) is 0 Å². The lowest BCUT2D eigenvalue weighted by Gasteiger charge is -2.12. The highest BCUT2D eigenvalue weighted by molar-refractivity contribution is 5.96. The van der Waals surface area contributed by atoms with Gasteiger partial charge in [-0.25, -0.2) is 0 Å². The van der Waals surface area contributed by atoms with Crippen LogP contribution in [0.5, 0.6) is 5.75 Å². The average Bonchev–Trinajstić information content (AvgIpc) is 2.62. The lowest BCUT2D eigenvalue weighted by atomic mass is 10.2. The SMILES string of the molecule is COc1ccc(NC(C)=O)cc1NC(=O)COC(=O)Cn1ccccc1=O. The first kappa shape index (κ1) is 19.7. The van der Waals surface area contributed by atoms with Gasteiger partial charge < -0.3 is 24.7 Å². The molecule has 0 unspecified atom stereocenters. The van der Waals surface area contributed by atoms with Crippen LogP contribution < -0.4 is 20.9 Å². The van der Waals surface area contributed by atoms with E-state index < -0.39 is 18.5 Å². The second-order valence-electron chi connectivity index (χ2n) is 5.47. The molecule has 0 bridgehead atoms. The molecule has 0 radical (unpaired) electrons. The molecule has 2 amide bonds. The van der Waals surface area contributed by atoms with Gasteiger partial charge in [-0.1, -0.05) is 6.07 Å². The lowest BCUT2D eigenvalue weighted by molar-refractivity contribution is -0.147. The minimum absolute atomic E-state index is 0.262. The van der Waals surface area contributed by atoms with E-state index in [2.05, 4.69) is 10.6 Å². The number of ether oxygens (including phenoxy) is 2. The highest BCUT2D eigenvalue weighted by atomic mass is 16.5. The second-order valence-corrected chi connectivity index (χ2v) is 5.47. The second kappa shape index (κ2) is 9.18. The van der Waals surface area contributed by atoms with E-state index in [-0.39, 0.29) is 18.0 Å². The summed E-state index contributed by atoms with van der Waals surface area (Å²) in [6.45, 7) is 0.530. The van der Waals surface area contributed by atoms with Crippen molar-refractivity contribution in [2.45, 2.75) is 13.5 Å². The summed E-state index contributed by atoms with van der Waals surface area (Å²) in [5, 5.41) is 5.13. The van der Waals surface area contributed by atoms with Crippen molar-refractivity contribution in [2.24, 2.45) is 0 Å². The average molecular weight is 373 g/mol. The van der Waals surface area contributed by atoms with Crippen molar-refractivity contribution in [3.05, 3.63) is 52.9 Å². The van der Waals surface area contributed by atoms with Gasteiger partial charge in [-0.15, -0.1) is 0 Å². The quantitative estimate of drug-likeness (QED) is 0.700. The van der Waals surface area contributed by atoms with E-state index in [1.165, 1.54) is 36.9 Å². The van der Waals surface area contributed by atoms with E-state index in [1.807, 2.05) is 0 Å². The molecule has 1 aromatic carbocycles. The topological polar surface area (TPSA) is 116 Å². The molecule has 0 aliphatic heterocycles. The third-order valence-corrected chi connectivity index (χ3v) is 3.36. The maximum Gasteiger partial charge on any atom is 0.326 e. The number of nitrogens with one attached hydrogen (secondary N) is 2. The highest BCUT2D eigenvalue weighted by Crippen LogP contribution is 2.27. The number of aromatic nitrogens is 1. The first-order valence-electron chi connectivity index (χ1n) is 7.95. The van der Waals surface area contributed by atoms with Crippen LogP contribution in [-0.2, 0) is 25.7 Å². The number of pyridine rings is 1. The first-order chi connectivity index (χ1) is 12.9. The Bertz CT molecular complexity index is 906. The lowest BCUT2D eigenvalue weighted by Crippen LogP contribution is -2.27. The summed E-state index contributed by atoms with van der Waals surface area (Å²) in [6, 6.07) is 9.19. The molecule has 2 N–H and O–H groups in total. The van der Waals surface area contributed by atoms with Gasteiger partial charge in [0.25, 0.3) is 11.5 Å². The normalized spacial score (nSPS) is 10.0. The van der Waals surface area contributed by atoms with Crippen LogP contribution in [0.4, 0.5) is 11.4 Å². The van der Waals surface area contributed by atoms with E-state index >= 15 is 0 Å². The molecule has 1 aromatic heterocycles. The molecule has 9 heteroatoms. The fourth-order valence-electron chi connectivity index (χ4n) is 2.20. The van der Waals surface area contributed by atoms with E-state index in [0.717, 1.165) is 0 Å². The van der Waals surface area contributed by atoms with E-state index in [9.17, 15) is 19.2 Å². The zero-order chi connectivity index (χ0) is 19.8. The van der Waals surface area contributed by atoms with Crippen LogP contribution in [0.15, 0.2) is 47.4 Å². The number of benzene rings is 1. The molecule has 0 spiro atoms. The molecule has 0 saturated carbocycles. The van der Waals surface area contributed by atoms with E-state index in [0.29, 0.717) is 17.1 Å². The van der Waals surface area contributed by atoms with Gasteiger partial charge in [0.2, 0.25) is 5.91 Å². The molecule has 27 heavy (non-hydrogen) atoms. The smallest absolute Gasteiger partial charge is 0.326 e. The Hall–Kier alpha value is -3.62. The minimum Gasteiger partial charge on any atom is -0.495 e. The first-order valence-corrected chi connectivity index (χ1v) is 7.95. The molecule has 0 fully saturated rings. The van der Waals surface area contributed by atoms with Crippen molar-refractivity contribution < 1.29 is 23.9 Å². The van der Waals surface area contributed by atoms with Crippen LogP contribution in [0.3, 0.4) is 0 Å². The molecule has 0 aliphatic rings. The highest BCUT2D eigenvalue weighted by Gasteiger charge is 2.12. The Kier molecular flexibility index (Phi) is 6.70. The number of carbonyl (C=O) groups is 3. The fraction of sp³-hybridized carbons (Fsp3) is 0.222. The van der Waals surface area contributed by atoms with Crippen molar-refractivity contribution in [1.82, 2.24) is 4.57 Å². The molecule has 0 aliphatic carbocycles. The third kappa shape index (κ3) is 5.99. The maximum atomic E-state index is 12.0. The van der Waals surface area contributed by atoms with Crippen molar-refractivity contribution in [1.29, 1.82) is 0 Å². The molecule has 1 heterocycles. The summed E-state index contributed by atoms with van der Waals surface area (Å²) in [7, 11) is 1.43. The number of anilines is 2. The summed E-state index contributed by atoms with van der Waals surface area (Å²) in [5.41, 5.74) is 0.432. The van der Waals surface area contributed by atoms with Gasteiger partial charge >= 0.3 is 5.97 Å². The summed E-state index contributed by atoms with van der Waals surface area (Å²) in [5.74, 6) is -1.21. The summed E-state index contributed by atoms with van der Waals surface area (Å²) in [6.07, 6.45) is 1.45. The van der Waals surface area contributed by atoms with Crippen LogP contribution in [0.1, 0.15) is 6.92 Å². The van der Waals surface area contributed by atoms with Crippen LogP contribution in [0.2, 0.25) is 0 Å². The van der Waals surface area contributed by atoms with Gasteiger partial charge in [-0.2, -0.15) is 0 Å². The van der Waals surface area contributed by atoms with Crippen molar-refractivity contribution in [3.63, 3.8) is 0 Å². The Morgan fingerprint density at radius 3 is 2.56 bits per heavy atom. The molecule has 2 rings (SSSR count). The molecule has 2 aromatic rings. The number of amides is 2. The number of methoxy groups -OCH3 is 1. The van der Waals surface area contributed by atoms with Crippen LogP contribution in [-0.4, -0.2) is 36.1 Å². The van der Waals surface area contributed by atoms with Gasteiger partial charge in [0.05, 0.1) is 12.8 Å². The molecule has 142 valence electrons. The summed E-state index contributed by atoms with van der Waals surface area (Å²) in [4.78, 5) is 46.5. The van der Waals surface area contributed by atoms with Crippen LogP contribution in [0, 0.1) is 0 Å². The fourth-order valence-corrected chi connectivity index (χ4v) is 2.20. The maximum absolute atomic E-state index is 12.0. The van der Waals surface area contributed by atoms with Gasteiger partial charge in [0, 0.05) is 24.9 Å². The van der Waals surface area contributed by atoms with Crippen molar-refractivity contribution in [2.75, 3.05) is 24.4 Å². The Labute approximate surface area is 154 Å². The third-order valence-electron chi connectivity index (χ3n) is 3.36. The zero-order valence-corrected chi connectivity index (χ0v) is 14.9.